The molecule has 4 rings (SSSR count). The molecule has 25 heavy (non-hydrogen) atoms. The number of carbonyl (C=O) groups is 1. The van der Waals surface area contributed by atoms with E-state index in [1.807, 2.05) is 6.26 Å². The number of hydrogen-bond donors (Lipinski definition) is 1. The summed E-state index contributed by atoms with van der Waals surface area (Å²) in [7, 11) is 0. The lowest BCUT2D eigenvalue weighted by Gasteiger charge is -2.15. The summed E-state index contributed by atoms with van der Waals surface area (Å²) in [6.07, 6.45) is 2.52. The zero-order valence-corrected chi connectivity index (χ0v) is 15.0. The van der Waals surface area contributed by atoms with E-state index >= 15 is 0 Å². The number of phenolic OH excluding ortho intramolecular Hbond substituents is 1. The maximum Gasteiger partial charge on any atom is 0.286 e. The Labute approximate surface area is 151 Å². The maximum absolute atomic E-state index is 14.5. The van der Waals surface area contributed by atoms with Gasteiger partial charge in [0, 0.05) is 22.9 Å². The van der Waals surface area contributed by atoms with Crippen LogP contribution in [0, 0.1) is 5.82 Å². The number of fused-ring (bicyclic) bond motifs is 1. The van der Waals surface area contributed by atoms with Gasteiger partial charge >= 0.3 is 0 Å². The van der Waals surface area contributed by atoms with Crippen molar-refractivity contribution in [3.05, 3.63) is 23.7 Å². The van der Waals surface area contributed by atoms with Gasteiger partial charge < -0.3 is 19.0 Å². The summed E-state index contributed by atoms with van der Waals surface area (Å²) >= 11 is 2.95. The Bertz CT molecular complexity index is 820. The standard InChI is InChI=1S/C16H16FNO5S2/c1-24-7-8-5-18(16(20)25-8)11-6-23-14-9(11)4-10(13(19)12(14)17)15-21-2-3-22-15/h4,6,8,15,19H,2-3,5,7H2,1H3/t8-/m1/s1. The molecule has 0 unspecified atom stereocenters. The van der Waals surface area contributed by atoms with E-state index in [1.54, 1.807) is 22.7 Å². The van der Waals surface area contributed by atoms with E-state index in [0.717, 1.165) is 5.75 Å². The number of phenols is 1. The summed E-state index contributed by atoms with van der Waals surface area (Å²) in [5.41, 5.74) is 0.611. The molecule has 9 heteroatoms. The molecular formula is C16H16FNO5S2. The van der Waals surface area contributed by atoms with Crippen molar-refractivity contribution in [2.24, 2.45) is 0 Å². The first-order chi connectivity index (χ1) is 12.1. The molecule has 0 radical (unpaired) electrons. The van der Waals surface area contributed by atoms with Crippen molar-refractivity contribution in [2.75, 3.05) is 36.7 Å². The van der Waals surface area contributed by atoms with Crippen LogP contribution in [0.4, 0.5) is 14.9 Å². The number of rotatable bonds is 4. The summed E-state index contributed by atoms with van der Waals surface area (Å²) in [4.78, 5) is 13.9. The summed E-state index contributed by atoms with van der Waals surface area (Å²) in [5.74, 6) is -0.576. The first-order valence-electron chi connectivity index (χ1n) is 7.73. The lowest BCUT2D eigenvalue weighted by molar-refractivity contribution is -0.0456. The van der Waals surface area contributed by atoms with Gasteiger partial charge in [0.2, 0.25) is 5.82 Å². The van der Waals surface area contributed by atoms with Crippen LogP contribution in [0.15, 0.2) is 16.7 Å². The number of benzene rings is 1. The molecule has 6 nitrogen and oxygen atoms in total. The van der Waals surface area contributed by atoms with Crippen molar-refractivity contribution in [2.45, 2.75) is 11.5 Å². The third kappa shape index (κ3) is 2.88. The summed E-state index contributed by atoms with van der Waals surface area (Å²) in [6, 6.07) is 1.57. The van der Waals surface area contributed by atoms with Crippen molar-refractivity contribution in [3.63, 3.8) is 0 Å². The average Bonchev–Trinajstić information content (AvgIpc) is 3.30. The third-order valence-corrected chi connectivity index (χ3v) is 6.20. The number of thioether (sulfide) groups is 2. The van der Waals surface area contributed by atoms with Crippen molar-refractivity contribution in [1.29, 1.82) is 0 Å². The molecule has 3 heterocycles. The smallest absolute Gasteiger partial charge is 0.286 e. The van der Waals surface area contributed by atoms with Crippen molar-refractivity contribution in [3.8, 4) is 5.75 Å². The van der Waals surface area contributed by atoms with Gasteiger partial charge in [0.05, 0.1) is 24.5 Å². The molecule has 2 saturated heterocycles. The molecule has 0 bridgehead atoms. The summed E-state index contributed by atoms with van der Waals surface area (Å²) in [5, 5.41) is 10.6. The van der Waals surface area contributed by atoms with Gasteiger partial charge in [-0.05, 0) is 12.3 Å². The molecule has 1 amide bonds. The van der Waals surface area contributed by atoms with Gasteiger partial charge in [0.15, 0.2) is 17.6 Å². The van der Waals surface area contributed by atoms with Gasteiger partial charge in [-0.25, -0.2) is 0 Å². The Hall–Kier alpha value is -1.42. The number of carbonyl (C=O) groups excluding carboxylic acids is 1. The topological polar surface area (TPSA) is 72.1 Å². The highest BCUT2D eigenvalue weighted by molar-refractivity contribution is 8.15. The lowest BCUT2D eigenvalue weighted by atomic mass is 10.1. The highest BCUT2D eigenvalue weighted by Crippen LogP contribution is 2.43. The zero-order chi connectivity index (χ0) is 17.6. The molecule has 2 aliphatic rings. The van der Waals surface area contributed by atoms with Crippen LogP contribution in [-0.4, -0.2) is 47.4 Å². The molecule has 134 valence electrons. The Morgan fingerprint density at radius 1 is 1.44 bits per heavy atom. The lowest BCUT2D eigenvalue weighted by Crippen LogP contribution is -2.24. The number of aromatic hydroxyl groups is 1. The summed E-state index contributed by atoms with van der Waals surface area (Å²) < 4.78 is 30.6. The second kappa shape index (κ2) is 6.71. The van der Waals surface area contributed by atoms with Crippen LogP contribution in [0.3, 0.4) is 0 Å². The van der Waals surface area contributed by atoms with Crippen LogP contribution >= 0.6 is 23.5 Å². The molecule has 0 spiro atoms. The van der Waals surface area contributed by atoms with Crippen LogP contribution in [0.25, 0.3) is 11.0 Å². The van der Waals surface area contributed by atoms with E-state index in [1.165, 1.54) is 18.0 Å². The van der Waals surface area contributed by atoms with E-state index < -0.39 is 17.9 Å². The van der Waals surface area contributed by atoms with Gasteiger partial charge in [-0.15, -0.1) is 0 Å². The minimum absolute atomic E-state index is 0.0830. The first-order valence-corrected chi connectivity index (χ1v) is 10.0. The second-order valence-corrected chi connectivity index (χ2v) is 7.93. The normalized spacial score (nSPS) is 21.8. The van der Waals surface area contributed by atoms with Crippen molar-refractivity contribution >= 4 is 45.4 Å². The summed E-state index contributed by atoms with van der Waals surface area (Å²) in [6.45, 7) is 1.28. The average molecular weight is 385 g/mol. The Balaban J connectivity index is 1.77. The quantitative estimate of drug-likeness (QED) is 0.860. The minimum Gasteiger partial charge on any atom is -0.504 e. The second-order valence-electron chi connectivity index (χ2n) is 5.77. The fourth-order valence-electron chi connectivity index (χ4n) is 3.04. The molecule has 2 aliphatic heterocycles. The van der Waals surface area contributed by atoms with Crippen LogP contribution in [-0.2, 0) is 9.47 Å². The molecule has 1 atom stereocenters. The molecule has 0 aliphatic carbocycles. The predicted molar refractivity (Wildman–Crippen MR) is 95.0 cm³/mol. The minimum atomic E-state index is -0.877. The number of amides is 1. The van der Waals surface area contributed by atoms with E-state index in [0.29, 0.717) is 30.8 Å². The molecular weight excluding hydrogens is 369 g/mol. The first kappa shape index (κ1) is 17.0. The monoisotopic (exact) mass is 385 g/mol. The van der Waals surface area contributed by atoms with Crippen LogP contribution in [0.1, 0.15) is 11.9 Å². The van der Waals surface area contributed by atoms with E-state index in [-0.39, 0.29) is 21.6 Å². The Morgan fingerprint density at radius 3 is 2.92 bits per heavy atom. The molecule has 1 N–H and O–H groups in total. The van der Waals surface area contributed by atoms with Gasteiger partial charge in [-0.3, -0.25) is 9.69 Å². The third-order valence-electron chi connectivity index (χ3n) is 4.18. The molecule has 2 aromatic rings. The van der Waals surface area contributed by atoms with Gasteiger partial charge in [-0.2, -0.15) is 16.2 Å². The van der Waals surface area contributed by atoms with Crippen molar-refractivity contribution < 1.29 is 28.2 Å². The highest BCUT2D eigenvalue weighted by atomic mass is 32.2. The van der Waals surface area contributed by atoms with E-state index in [2.05, 4.69) is 0 Å². The molecule has 2 fully saturated rings. The van der Waals surface area contributed by atoms with Crippen LogP contribution < -0.4 is 4.90 Å². The van der Waals surface area contributed by atoms with Gasteiger partial charge in [-0.1, -0.05) is 11.8 Å². The maximum atomic E-state index is 14.5. The molecule has 0 saturated carbocycles. The SMILES string of the molecule is CSC[C@H]1CN(c2coc3c(F)c(O)c(C4OCCO4)cc23)C(=O)S1. The Kier molecular flexibility index (Phi) is 4.57. The molecule has 1 aromatic carbocycles. The highest BCUT2D eigenvalue weighted by Gasteiger charge is 2.34. The van der Waals surface area contributed by atoms with Crippen LogP contribution in [0.2, 0.25) is 0 Å². The number of ether oxygens (including phenoxy) is 2. The number of halogens is 1. The predicted octanol–water partition coefficient (Wildman–Crippen LogP) is 3.73. The number of furan rings is 1. The number of nitrogens with zero attached hydrogens (tertiary/aromatic N) is 1. The zero-order valence-electron chi connectivity index (χ0n) is 13.4. The van der Waals surface area contributed by atoms with Gasteiger partial charge in [0.1, 0.15) is 6.26 Å². The van der Waals surface area contributed by atoms with E-state index in [9.17, 15) is 14.3 Å². The number of anilines is 1. The van der Waals surface area contributed by atoms with Crippen LogP contribution in [0.5, 0.6) is 5.75 Å². The van der Waals surface area contributed by atoms with Crippen molar-refractivity contribution in [1.82, 2.24) is 0 Å². The number of hydrogen-bond acceptors (Lipinski definition) is 7. The fourth-order valence-corrected chi connectivity index (χ4v) is 5.01. The van der Waals surface area contributed by atoms with E-state index in [4.69, 9.17) is 13.9 Å². The fraction of sp³-hybridized carbons (Fsp3) is 0.438. The Morgan fingerprint density at radius 2 is 2.20 bits per heavy atom. The largest absolute Gasteiger partial charge is 0.504 e. The molecule has 1 aromatic heterocycles. The van der Waals surface area contributed by atoms with Gasteiger partial charge in [0.25, 0.3) is 5.24 Å².